The summed E-state index contributed by atoms with van der Waals surface area (Å²) in [7, 11) is -1.56. The maximum atomic E-state index is 12.3. The van der Waals surface area contributed by atoms with Gasteiger partial charge in [-0.25, -0.2) is 18.4 Å². The van der Waals surface area contributed by atoms with Crippen molar-refractivity contribution >= 4 is 10.0 Å². The summed E-state index contributed by atoms with van der Waals surface area (Å²) in [6, 6.07) is 3.33. The maximum Gasteiger partial charge on any atom is 0.270 e. The van der Waals surface area contributed by atoms with Crippen molar-refractivity contribution in [3.8, 4) is 0 Å². The molecule has 0 radical (unpaired) electrons. The lowest BCUT2D eigenvalue weighted by molar-refractivity contribution is 0.134. The number of piperazine rings is 1. The van der Waals surface area contributed by atoms with E-state index in [1.807, 2.05) is 14.0 Å². The second-order valence-electron chi connectivity index (χ2n) is 5.17. The number of aromatic nitrogens is 1. The summed E-state index contributed by atoms with van der Waals surface area (Å²) in [5.74, 6) is 0. The van der Waals surface area contributed by atoms with Crippen LogP contribution in [-0.2, 0) is 16.6 Å². The normalized spacial score (nSPS) is 18.0. The predicted molar refractivity (Wildman–Crippen MR) is 81.0 cm³/mol. The van der Waals surface area contributed by atoms with Gasteiger partial charge in [0.25, 0.3) is 10.0 Å². The molecule has 7 nitrogen and oxygen atoms in total. The van der Waals surface area contributed by atoms with Gasteiger partial charge in [0, 0.05) is 38.9 Å². The van der Waals surface area contributed by atoms with Gasteiger partial charge in [0.05, 0.1) is 0 Å². The molecule has 0 saturated carbocycles. The van der Waals surface area contributed by atoms with Gasteiger partial charge in [0.15, 0.2) is 5.03 Å². The molecule has 2 N–H and O–H groups in total. The van der Waals surface area contributed by atoms with Gasteiger partial charge in [-0.05, 0) is 25.2 Å². The summed E-state index contributed by atoms with van der Waals surface area (Å²) in [5.41, 5.74) is 0.968. The summed E-state index contributed by atoms with van der Waals surface area (Å²) >= 11 is 0. The van der Waals surface area contributed by atoms with E-state index in [9.17, 15) is 8.42 Å². The number of sulfonamides is 1. The standard InChI is InChI=1S/C13H23N5O2S/c1-3-14-10-12-4-5-13(15-11-12)21(19,20)16-18-8-6-17(2)7-9-18/h4-5,11,14,16H,3,6-10H2,1-2H3. The Morgan fingerprint density at radius 3 is 2.52 bits per heavy atom. The van der Waals surface area contributed by atoms with Crippen LogP contribution in [0.3, 0.4) is 0 Å². The molecule has 1 aromatic heterocycles. The minimum Gasteiger partial charge on any atom is -0.313 e. The number of nitrogens with one attached hydrogen (secondary N) is 2. The largest absolute Gasteiger partial charge is 0.313 e. The lowest BCUT2D eigenvalue weighted by Gasteiger charge is -2.31. The molecule has 1 aromatic rings. The van der Waals surface area contributed by atoms with Crippen LogP contribution in [-0.4, -0.2) is 63.1 Å². The van der Waals surface area contributed by atoms with Gasteiger partial charge >= 0.3 is 0 Å². The van der Waals surface area contributed by atoms with Gasteiger partial charge in [-0.3, -0.25) is 0 Å². The Labute approximate surface area is 126 Å². The number of rotatable bonds is 6. The number of hydrogen-bond donors (Lipinski definition) is 2. The zero-order valence-corrected chi connectivity index (χ0v) is 13.4. The Bertz CT molecular complexity index is 538. The molecule has 0 aromatic carbocycles. The Morgan fingerprint density at radius 1 is 1.24 bits per heavy atom. The van der Waals surface area contributed by atoms with Crippen LogP contribution in [0, 0.1) is 0 Å². The first kappa shape index (κ1) is 16.3. The first-order valence-electron chi connectivity index (χ1n) is 7.13. The predicted octanol–water partition coefficient (Wildman–Crippen LogP) is -0.368. The molecule has 1 saturated heterocycles. The fourth-order valence-corrected chi connectivity index (χ4v) is 3.11. The highest BCUT2D eigenvalue weighted by atomic mass is 32.2. The summed E-state index contributed by atoms with van der Waals surface area (Å²) < 4.78 is 24.5. The summed E-state index contributed by atoms with van der Waals surface area (Å²) in [4.78, 5) is 8.82. The van der Waals surface area contributed by atoms with Gasteiger partial charge in [-0.15, -0.1) is 4.83 Å². The van der Waals surface area contributed by atoms with Crippen molar-refractivity contribution in [2.24, 2.45) is 0 Å². The highest BCUT2D eigenvalue weighted by Crippen LogP contribution is 2.08. The van der Waals surface area contributed by atoms with Gasteiger partial charge < -0.3 is 10.2 Å². The van der Waals surface area contributed by atoms with Crippen LogP contribution >= 0.6 is 0 Å². The van der Waals surface area contributed by atoms with E-state index in [2.05, 4.69) is 20.0 Å². The molecule has 0 spiro atoms. The Balaban J connectivity index is 1.98. The summed E-state index contributed by atoms with van der Waals surface area (Å²) in [5, 5.41) is 4.96. The molecule has 21 heavy (non-hydrogen) atoms. The fourth-order valence-electron chi connectivity index (χ4n) is 2.06. The third kappa shape index (κ3) is 4.72. The Hall–Kier alpha value is -1.06. The van der Waals surface area contributed by atoms with E-state index >= 15 is 0 Å². The number of hydrogen-bond acceptors (Lipinski definition) is 6. The molecule has 0 bridgehead atoms. The molecule has 8 heteroatoms. The second-order valence-corrected chi connectivity index (χ2v) is 6.78. The van der Waals surface area contributed by atoms with Crippen LogP contribution in [0.2, 0.25) is 0 Å². The van der Waals surface area contributed by atoms with Crippen molar-refractivity contribution in [2.75, 3.05) is 39.8 Å². The van der Waals surface area contributed by atoms with E-state index in [4.69, 9.17) is 0 Å². The van der Waals surface area contributed by atoms with Crippen molar-refractivity contribution in [1.29, 1.82) is 0 Å². The fraction of sp³-hybridized carbons (Fsp3) is 0.615. The lowest BCUT2D eigenvalue weighted by Crippen LogP contribution is -2.52. The van der Waals surface area contributed by atoms with Crippen LogP contribution in [0.4, 0.5) is 0 Å². The van der Waals surface area contributed by atoms with Crippen molar-refractivity contribution in [2.45, 2.75) is 18.5 Å². The Morgan fingerprint density at radius 2 is 1.95 bits per heavy atom. The molecule has 1 aliphatic heterocycles. The number of pyridine rings is 1. The van der Waals surface area contributed by atoms with E-state index in [-0.39, 0.29) is 5.03 Å². The monoisotopic (exact) mass is 313 g/mol. The molecule has 1 aliphatic rings. The minimum absolute atomic E-state index is 0.0571. The van der Waals surface area contributed by atoms with E-state index in [1.54, 1.807) is 23.3 Å². The van der Waals surface area contributed by atoms with E-state index in [0.717, 1.165) is 25.2 Å². The van der Waals surface area contributed by atoms with Crippen molar-refractivity contribution in [1.82, 2.24) is 25.0 Å². The molecule has 2 heterocycles. The molecule has 0 unspecified atom stereocenters. The first-order chi connectivity index (χ1) is 10.0. The van der Waals surface area contributed by atoms with Gasteiger partial charge in [-0.1, -0.05) is 13.0 Å². The average molecular weight is 313 g/mol. The average Bonchev–Trinajstić information content (AvgIpc) is 2.48. The van der Waals surface area contributed by atoms with Gasteiger partial charge in [0.1, 0.15) is 0 Å². The quantitative estimate of drug-likeness (QED) is 0.746. The summed E-state index contributed by atoms with van der Waals surface area (Å²) in [6.07, 6.45) is 1.60. The third-order valence-corrected chi connectivity index (χ3v) is 4.70. The van der Waals surface area contributed by atoms with Crippen molar-refractivity contribution in [3.63, 3.8) is 0 Å². The number of likely N-dealkylation sites (N-methyl/N-ethyl adjacent to an activating group) is 1. The highest BCUT2D eigenvalue weighted by molar-refractivity contribution is 7.89. The van der Waals surface area contributed by atoms with Crippen LogP contribution < -0.4 is 10.1 Å². The maximum absolute atomic E-state index is 12.3. The molecular weight excluding hydrogens is 290 g/mol. The van der Waals surface area contributed by atoms with Crippen LogP contribution in [0.5, 0.6) is 0 Å². The molecule has 0 aliphatic carbocycles. The SMILES string of the molecule is CCNCc1ccc(S(=O)(=O)NN2CCN(C)CC2)nc1. The third-order valence-electron chi connectivity index (χ3n) is 3.40. The van der Waals surface area contributed by atoms with Crippen LogP contribution in [0.15, 0.2) is 23.4 Å². The molecule has 2 rings (SSSR count). The highest BCUT2D eigenvalue weighted by Gasteiger charge is 2.22. The van der Waals surface area contributed by atoms with Crippen molar-refractivity contribution in [3.05, 3.63) is 23.9 Å². The molecule has 0 atom stereocenters. The van der Waals surface area contributed by atoms with Gasteiger partial charge in [0.2, 0.25) is 0 Å². The van der Waals surface area contributed by atoms with E-state index in [0.29, 0.717) is 19.6 Å². The molecule has 1 fully saturated rings. The minimum atomic E-state index is -3.59. The number of hydrazine groups is 1. The topological polar surface area (TPSA) is 77.6 Å². The molecule has 118 valence electrons. The van der Waals surface area contributed by atoms with Crippen molar-refractivity contribution < 1.29 is 8.42 Å². The second kappa shape index (κ2) is 7.28. The molecule has 0 amide bonds. The first-order valence-corrected chi connectivity index (χ1v) is 8.61. The zero-order valence-electron chi connectivity index (χ0n) is 12.5. The Kier molecular flexibility index (Phi) is 5.65. The number of nitrogens with zero attached hydrogens (tertiary/aromatic N) is 3. The summed E-state index contributed by atoms with van der Waals surface area (Å²) in [6.45, 7) is 6.62. The zero-order chi connectivity index (χ0) is 15.3. The van der Waals surface area contributed by atoms with E-state index in [1.165, 1.54) is 0 Å². The smallest absolute Gasteiger partial charge is 0.270 e. The van der Waals surface area contributed by atoms with Gasteiger partial charge in [-0.2, -0.15) is 0 Å². The van der Waals surface area contributed by atoms with E-state index < -0.39 is 10.0 Å². The van der Waals surface area contributed by atoms with Crippen LogP contribution in [0.1, 0.15) is 12.5 Å². The van der Waals surface area contributed by atoms with Crippen LogP contribution in [0.25, 0.3) is 0 Å². The molecular formula is C13H23N5O2S. The lowest BCUT2D eigenvalue weighted by atomic mass is 10.3.